The number of amides is 1. The summed E-state index contributed by atoms with van der Waals surface area (Å²) in [5.74, 6) is 0.708. The van der Waals surface area contributed by atoms with Crippen LogP contribution in [0.5, 0.6) is 5.75 Å². The number of hydrogen-bond donors (Lipinski definition) is 1. The van der Waals surface area contributed by atoms with Crippen LogP contribution in [-0.2, 0) is 16.1 Å². The van der Waals surface area contributed by atoms with Gasteiger partial charge in [-0.15, -0.1) is 0 Å². The molecular formula is C34H38N2O5. The van der Waals surface area contributed by atoms with Gasteiger partial charge in [0.15, 0.2) is 0 Å². The van der Waals surface area contributed by atoms with Crippen LogP contribution in [0.15, 0.2) is 72.8 Å². The van der Waals surface area contributed by atoms with E-state index >= 15 is 0 Å². The van der Waals surface area contributed by atoms with Gasteiger partial charge in [-0.3, -0.25) is 9.69 Å². The summed E-state index contributed by atoms with van der Waals surface area (Å²) >= 11 is 0. The first-order valence-corrected chi connectivity index (χ1v) is 14.7. The van der Waals surface area contributed by atoms with E-state index in [0.29, 0.717) is 31.9 Å². The molecule has 1 N–H and O–H groups in total. The molecule has 0 saturated carbocycles. The maximum absolute atomic E-state index is 13.7. The van der Waals surface area contributed by atoms with E-state index in [0.717, 1.165) is 31.8 Å². The van der Waals surface area contributed by atoms with Gasteiger partial charge in [0.25, 0.3) is 0 Å². The highest BCUT2D eigenvalue weighted by atomic mass is 16.6. The van der Waals surface area contributed by atoms with Gasteiger partial charge in [-0.25, -0.2) is 4.79 Å². The first kappa shape index (κ1) is 27.3. The van der Waals surface area contributed by atoms with Crippen molar-refractivity contribution in [2.75, 3.05) is 33.4 Å². The molecule has 2 bridgehead atoms. The third-order valence-corrected chi connectivity index (χ3v) is 9.05. The molecule has 1 aliphatic carbocycles. The lowest BCUT2D eigenvalue weighted by atomic mass is 9.77. The quantitative estimate of drug-likeness (QED) is 0.348. The summed E-state index contributed by atoms with van der Waals surface area (Å²) in [5, 5.41) is 9.29. The number of ether oxygens (including phenoxy) is 2. The molecule has 3 aromatic rings. The van der Waals surface area contributed by atoms with Crippen molar-refractivity contribution >= 4 is 12.1 Å². The average Bonchev–Trinajstić information content (AvgIpc) is 3.30. The second kappa shape index (κ2) is 12.0. The average molecular weight is 555 g/mol. The molecule has 2 saturated heterocycles. The largest absolute Gasteiger partial charge is 0.497 e. The SMILES string of the molecule is COc1cccc(CN2CC3CC(C2)C(CCCC(=O)O)N(C(=O)OCC2c4ccccc4-c4ccccc42)C3)c1. The number of methoxy groups -OCH3 is 1. The van der Waals surface area contributed by atoms with E-state index < -0.39 is 5.97 Å². The van der Waals surface area contributed by atoms with E-state index in [1.807, 2.05) is 29.2 Å². The number of nitrogens with zero attached hydrogens (tertiary/aromatic N) is 2. The number of carboxylic acids is 1. The minimum Gasteiger partial charge on any atom is -0.497 e. The summed E-state index contributed by atoms with van der Waals surface area (Å²) in [6.07, 6.45) is 2.10. The fraction of sp³-hybridized carbons (Fsp3) is 0.412. The summed E-state index contributed by atoms with van der Waals surface area (Å²) < 4.78 is 11.5. The topological polar surface area (TPSA) is 79.3 Å². The van der Waals surface area contributed by atoms with Crippen molar-refractivity contribution in [3.05, 3.63) is 89.5 Å². The van der Waals surface area contributed by atoms with Gasteiger partial charge in [-0.2, -0.15) is 0 Å². The van der Waals surface area contributed by atoms with E-state index in [4.69, 9.17) is 9.47 Å². The molecule has 3 aliphatic rings. The number of carbonyl (C=O) groups is 2. The van der Waals surface area contributed by atoms with Crippen molar-refractivity contribution < 1.29 is 24.2 Å². The van der Waals surface area contributed by atoms with Crippen LogP contribution in [0.25, 0.3) is 11.1 Å². The predicted octanol–water partition coefficient (Wildman–Crippen LogP) is 6.02. The number of likely N-dealkylation sites (tertiary alicyclic amines) is 2. The van der Waals surface area contributed by atoms with Gasteiger partial charge in [0.1, 0.15) is 12.4 Å². The minimum absolute atomic E-state index is 0.0134. The van der Waals surface area contributed by atoms with Gasteiger partial charge < -0.3 is 19.5 Å². The molecule has 2 fully saturated rings. The second-order valence-corrected chi connectivity index (χ2v) is 11.7. The van der Waals surface area contributed by atoms with Crippen LogP contribution in [0.1, 0.15) is 48.3 Å². The van der Waals surface area contributed by atoms with E-state index in [1.54, 1.807) is 7.11 Å². The lowest BCUT2D eigenvalue weighted by Gasteiger charge is -2.50. The molecule has 214 valence electrons. The Morgan fingerprint density at radius 2 is 1.66 bits per heavy atom. The number of rotatable bonds is 9. The highest BCUT2D eigenvalue weighted by Crippen LogP contribution is 2.45. The molecule has 7 nitrogen and oxygen atoms in total. The molecule has 0 aromatic heterocycles. The van der Waals surface area contributed by atoms with Gasteiger partial charge in [0.2, 0.25) is 0 Å². The molecule has 41 heavy (non-hydrogen) atoms. The maximum atomic E-state index is 13.7. The third-order valence-electron chi connectivity index (χ3n) is 9.05. The number of piperidine rings is 2. The number of hydrogen-bond acceptors (Lipinski definition) is 5. The van der Waals surface area contributed by atoms with Crippen LogP contribution < -0.4 is 4.74 Å². The highest BCUT2D eigenvalue weighted by Gasteiger charge is 2.43. The van der Waals surface area contributed by atoms with E-state index in [9.17, 15) is 14.7 Å². The van der Waals surface area contributed by atoms with E-state index in [-0.39, 0.29) is 30.4 Å². The molecule has 7 heteroatoms. The van der Waals surface area contributed by atoms with Gasteiger partial charge in [0.05, 0.1) is 7.11 Å². The smallest absolute Gasteiger partial charge is 0.410 e. The zero-order valence-electron chi connectivity index (χ0n) is 23.6. The molecular weight excluding hydrogens is 516 g/mol. The molecule has 6 rings (SSSR count). The molecule has 0 spiro atoms. The van der Waals surface area contributed by atoms with Crippen molar-refractivity contribution in [2.45, 2.75) is 44.2 Å². The fourth-order valence-electron chi connectivity index (χ4n) is 7.33. The maximum Gasteiger partial charge on any atom is 0.410 e. The van der Waals surface area contributed by atoms with E-state index in [1.165, 1.54) is 27.8 Å². The summed E-state index contributed by atoms with van der Waals surface area (Å²) in [6.45, 7) is 3.56. The van der Waals surface area contributed by atoms with Crippen molar-refractivity contribution in [2.24, 2.45) is 11.8 Å². The molecule has 2 heterocycles. The van der Waals surface area contributed by atoms with Gasteiger partial charge >= 0.3 is 12.1 Å². The molecule has 1 amide bonds. The lowest BCUT2D eigenvalue weighted by Crippen LogP contribution is -2.59. The zero-order chi connectivity index (χ0) is 28.3. The first-order valence-electron chi connectivity index (χ1n) is 14.7. The lowest BCUT2D eigenvalue weighted by molar-refractivity contribution is -0.137. The Kier molecular flexibility index (Phi) is 7.97. The fourth-order valence-corrected chi connectivity index (χ4v) is 7.33. The Balaban J connectivity index is 1.16. The number of carbonyl (C=O) groups excluding carboxylic acids is 1. The predicted molar refractivity (Wildman–Crippen MR) is 157 cm³/mol. The Hall–Kier alpha value is -3.84. The number of carboxylic acid groups (broad SMARTS) is 1. The molecule has 3 unspecified atom stereocenters. The normalized spacial score (nSPS) is 21.7. The van der Waals surface area contributed by atoms with Gasteiger partial charge in [-0.05, 0) is 71.0 Å². The highest BCUT2D eigenvalue weighted by molar-refractivity contribution is 5.79. The minimum atomic E-state index is -0.797. The third kappa shape index (κ3) is 5.82. The van der Waals surface area contributed by atoms with Crippen molar-refractivity contribution in [1.82, 2.24) is 9.80 Å². The van der Waals surface area contributed by atoms with Gasteiger partial charge in [0, 0.05) is 44.6 Å². The molecule has 3 aromatic carbocycles. The molecule has 3 atom stereocenters. The number of benzene rings is 3. The van der Waals surface area contributed by atoms with E-state index in [2.05, 4.69) is 53.4 Å². The standard InChI is InChI=1S/C34H38N2O5/c1-40-26-9-6-8-23(17-26)18-35-19-24-16-25(21-35)32(14-7-15-33(37)38)36(20-24)34(39)41-22-31-29-12-4-2-10-27(29)28-11-3-5-13-30(28)31/h2-6,8-13,17,24-25,31-32H,7,14-16,18-22H2,1H3,(H,37,38). The van der Waals surface area contributed by atoms with Crippen LogP contribution in [0.3, 0.4) is 0 Å². The first-order chi connectivity index (χ1) is 20.0. The Bertz CT molecular complexity index is 1360. The van der Waals surface area contributed by atoms with Crippen LogP contribution in [-0.4, -0.2) is 66.4 Å². The Labute approximate surface area is 241 Å². The van der Waals surface area contributed by atoms with Crippen LogP contribution in [0.2, 0.25) is 0 Å². The van der Waals surface area contributed by atoms with Gasteiger partial charge in [-0.1, -0.05) is 60.7 Å². The summed E-state index contributed by atoms with van der Waals surface area (Å²) in [7, 11) is 1.68. The van der Waals surface area contributed by atoms with Crippen LogP contribution in [0.4, 0.5) is 4.79 Å². The molecule has 0 radical (unpaired) electrons. The molecule has 2 aliphatic heterocycles. The van der Waals surface area contributed by atoms with Crippen LogP contribution in [0, 0.1) is 11.8 Å². The monoisotopic (exact) mass is 554 g/mol. The van der Waals surface area contributed by atoms with Crippen molar-refractivity contribution in [3.63, 3.8) is 0 Å². The Morgan fingerprint density at radius 1 is 0.927 bits per heavy atom. The summed E-state index contributed by atoms with van der Waals surface area (Å²) in [6, 6.07) is 24.9. The van der Waals surface area contributed by atoms with Crippen molar-refractivity contribution in [3.8, 4) is 16.9 Å². The second-order valence-electron chi connectivity index (χ2n) is 11.7. The summed E-state index contributed by atoms with van der Waals surface area (Å²) in [4.78, 5) is 29.4. The summed E-state index contributed by atoms with van der Waals surface area (Å²) in [5.41, 5.74) is 6.02. The number of aliphatic carboxylic acids is 1. The van der Waals surface area contributed by atoms with Crippen molar-refractivity contribution in [1.29, 1.82) is 0 Å². The number of fused-ring (bicyclic) bond motifs is 5. The Morgan fingerprint density at radius 3 is 2.37 bits per heavy atom. The zero-order valence-corrected chi connectivity index (χ0v) is 23.6. The van der Waals surface area contributed by atoms with Crippen LogP contribution >= 0.6 is 0 Å².